The third-order valence-electron chi connectivity index (χ3n) is 3.92. The number of hydrogen-bond donors (Lipinski definition) is 2. The van der Waals surface area contributed by atoms with Gasteiger partial charge in [-0.1, -0.05) is 6.07 Å². The van der Waals surface area contributed by atoms with Gasteiger partial charge in [-0.05, 0) is 39.7 Å². The lowest BCUT2D eigenvalue weighted by atomic mass is 10.1. The van der Waals surface area contributed by atoms with E-state index in [4.69, 9.17) is 0 Å². The average Bonchev–Trinajstić information content (AvgIpc) is 3.33. The highest BCUT2D eigenvalue weighted by molar-refractivity contribution is 5.66. The van der Waals surface area contributed by atoms with Gasteiger partial charge in [0.1, 0.15) is 5.82 Å². The molecule has 0 aliphatic heterocycles. The molecule has 126 valence electrons. The van der Waals surface area contributed by atoms with E-state index in [1.807, 2.05) is 26.0 Å². The molecule has 0 unspecified atom stereocenters. The molecule has 3 rings (SSSR count). The average molecular weight is 327 g/mol. The van der Waals surface area contributed by atoms with E-state index in [1.54, 1.807) is 13.0 Å². The zero-order valence-corrected chi connectivity index (χ0v) is 14.0. The molecule has 0 amide bonds. The van der Waals surface area contributed by atoms with Crippen LogP contribution >= 0.6 is 0 Å². The summed E-state index contributed by atoms with van der Waals surface area (Å²) in [5.74, 6) is 1.73. The smallest absolute Gasteiger partial charge is 0.274 e. The SMILES string of the molecule is Cc1c(Nc2cc(C3CC3)nc(NC(C)C)n2)cccc1[N+](=O)[O-]. The van der Waals surface area contributed by atoms with Gasteiger partial charge in [0.25, 0.3) is 5.69 Å². The van der Waals surface area contributed by atoms with E-state index < -0.39 is 0 Å². The third-order valence-corrected chi connectivity index (χ3v) is 3.92. The van der Waals surface area contributed by atoms with E-state index in [0.717, 1.165) is 18.5 Å². The summed E-state index contributed by atoms with van der Waals surface area (Å²) in [4.78, 5) is 19.8. The summed E-state index contributed by atoms with van der Waals surface area (Å²) in [6.07, 6.45) is 2.29. The highest BCUT2D eigenvalue weighted by Crippen LogP contribution is 2.40. The molecule has 7 nitrogen and oxygen atoms in total. The monoisotopic (exact) mass is 327 g/mol. The molecule has 7 heteroatoms. The summed E-state index contributed by atoms with van der Waals surface area (Å²) in [5.41, 5.74) is 2.38. The molecule has 1 aliphatic rings. The zero-order valence-electron chi connectivity index (χ0n) is 14.0. The van der Waals surface area contributed by atoms with Crippen molar-refractivity contribution in [3.63, 3.8) is 0 Å². The summed E-state index contributed by atoms with van der Waals surface area (Å²) < 4.78 is 0. The maximum Gasteiger partial charge on any atom is 0.274 e. The van der Waals surface area contributed by atoms with Crippen LogP contribution < -0.4 is 10.6 Å². The summed E-state index contributed by atoms with van der Waals surface area (Å²) >= 11 is 0. The van der Waals surface area contributed by atoms with Crippen molar-refractivity contribution >= 4 is 23.1 Å². The van der Waals surface area contributed by atoms with Crippen molar-refractivity contribution in [2.45, 2.75) is 45.6 Å². The maximum atomic E-state index is 11.1. The highest BCUT2D eigenvalue weighted by atomic mass is 16.6. The van der Waals surface area contributed by atoms with Crippen LogP contribution in [-0.4, -0.2) is 20.9 Å². The van der Waals surface area contributed by atoms with Crippen LogP contribution in [0.3, 0.4) is 0 Å². The molecule has 1 heterocycles. The van der Waals surface area contributed by atoms with E-state index in [0.29, 0.717) is 28.9 Å². The summed E-state index contributed by atoms with van der Waals surface area (Å²) in [5, 5.41) is 17.5. The lowest BCUT2D eigenvalue weighted by molar-refractivity contribution is -0.385. The lowest BCUT2D eigenvalue weighted by Gasteiger charge is -2.14. The fraction of sp³-hybridized carbons (Fsp3) is 0.412. The maximum absolute atomic E-state index is 11.1. The summed E-state index contributed by atoms with van der Waals surface area (Å²) in [6, 6.07) is 7.15. The first-order chi connectivity index (χ1) is 11.4. The summed E-state index contributed by atoms with van der Waals surface area (Å²) in [6.45, 7) is 5.80. The number of nitro benzene ring substituents is 1. The van der Waals surface area contributed by atoms with Crippen molar-refractivity contribution in [2.24, 2.45) is 0 Å². The number of hydrogen-bond acceptors (Lipinski definition) is 6. The van der Waals surface area contributed by atoms with Gasteiger partial charge >= 0.3 is 0 Å². The summed E-state index contributed by atoms with van der Waals surface area (Å²) in [7, 11) is 0. The van der Waals surface area contributed by atoms with Crippen LogP contribution in [-0.2, 0) is 0 Å². The Bertz CT molecular complexity index is 772. The Morgan fingerprint density at radius 1 is 1.29 bits per heavy atom. The first-order valence-corrected chi connectivity index (χ1v) is 8.10. The molecular weight excluding hydrogens is 306 g/mol. The van der Waals surface area contributed by atoms with Gasteiger partial charge in [0.2, 0.25) is 5.95 Å². The van der Waals surface area contributed by atoms with Crippen molar-refractivity contribution in [1.29, 1.82) is 0 Å². The van der Waals surface area contributed by atoms with Crippen molar-refractivity contribution in [3.8, 4) is 0 Å². The normalized spacial score (nSPS) is 13.8. The van der Waals surface area contributed by atoms with Crippen LogP contribution in [0.25, 0.3) is 0 Å². The Morgan fingerprint density at radius 2 is 2.04 bits per heavy atom. The molecule has 1 aromatic carbocycles. The van der Waals surface area contributed by atoms with E-state index >= 15 is 0 Å². The molecule has 0 bridgehead atoms. The van der Waals surface area contributed by atoms with Gasteiger partial charge < -0.3 is 10.6 Å². The second kappa shape index (κ2) is 6.43. The Hall–Kier alpha value is -2.70. The number of anilines is 3. The van der Waals surface area contributed by atoms with Gasteiger partial charge in [-0.3, -0.25) is 10.1 Å². The number of aromatic nitrogens is 2. The molecular formula is C17H21N5O2. The molecule has 0 spiro atoms. The molecule has 0 saturated heterocycles. The number of rotatable bonds is 6. The molecule has 1 saturated carbocycles. The second-order valence-electron chi connectivity index (χ2n) is 6.41. The van der Waals surface area contributed by atoms with Crippen LogP contribution in [0.4, 0.5) is 23.1 Å². The first-order valence-electron chi connectivity index (χ1n) is 8.10. The molecule has 1 aromatic heterocycles. The fourth-order valence-electron chi connectivity index (χ4n) is 2.54. The Balaban J connectivity index is 1.93. The van der Waals surface area contributed by atoms with Crippen LogP contribution in [0.15, 0.2) is 24.3 Å². The van der Waals surface area contributed by atoms with Crippen LogP contribution in [0.2, 0.25) is 0 Å². The minimum atomic E-state index is -0.373. The Labute approximate surface area is 140 Å². The molecule has 0 radical (unpaired) electrons. The molecule has 24 heavy (non-hydrogen) atoms. The largest absolute Gasteiger partial charge is 0.352 e. The molecule has 1 fully saturated rings. The third kappa shape index (κ3) is 3.61. The van der Waals surface area contributed by atoms with E-state index in [1.165, 1.54) is 6.07 Å². The quantitative estimate of drug-likeness (QED) is 0.612. The second-order valence-corrected chi connectivity index (χ2v) is 6.41. The minimum absolute atomic E-state index is 0.0944. The molecule has 2 aromatic rings. The minimum Gasteiger partial charge on any atom is -0.352 e. The van der Waals surface area contributed by atoms with Gasteiger partial charge in [0, 0.05) is 29.8 Å². The fourth-order valence-corrected chi connectivity index (χ4v) is 2.54. The van der Waals surface area contributed by atoms with Gasteiger partial charge in [0.15, 0.2) is 0 Å². The van der Waals surface area contributed by atoms with Gasteiger partial charge in [-0.2, -0.15) is 4.98 Å². The number of nitrogens with zero attached hydrogens (tertiary/aromatic N) is 3. The van der Waals surface area contributed by atoms with E-state index in [9.17, 15) is 10.1 Å². The Kier molecular flexibility index (Phi) is 4.33. The highest BCUT2D eigenvalue weighted by Gasteiger charge is 2.26. The standard InChI is InChI=1S/C17H21N5O2/c1-10(2)18-17-20-14(12-7-8-12)9-16(21-17)19-13-5-4-6-15(11(13)3)22(23)24/h4-6,9-10,12H,7-8H2,1-3H3,(H2,18,19,20,21). The van der Waals surface area contributed by atoms with Crippen LogP contribution in [0, 0.1) is 17.0 Å². The Morgan fingerprint density at radius 3 is 2.67 bits per heavy atom. The van der Waals surface area contributed by atoms with Crippen molar-refractivity contribution in [2.75, 3.05) is 10.6 Å². The lowest BCUT2D eigenvalue weighted by Crippen LogP contribution is -2.14. The van der Waals surface area contributed by atoms with E-state index in [-0.39, 0.29) is 16.7 Å². The topological polar surface area (TPSA) is 93.0 Å². The van der Waals surface area contributed by atoms with Gasteiger partial charge in [-0.15, -0.1) is 0 Å². The zero-order chi connectivity index (χ0) is 17.3. The molecule has 0 atom stereocenters. The molecule has 1 aliphatic carbocycles. The van der Waals surface area contributed by atoms with Crippen molar-refractivity contribution in [1.82, 2.24) is 9.97 Å². The number of nitrogens with one attached hydrogen (secondary N) is 2. The van der Waals surface area contributed by atoms with Crippen LogP contribution in [0.1, 0.15) is 43.9 Å². The van der Waals surface area contributed by atoms with Crippen molar-refractivity contribution < 1.29 is 4.92 Å². The van der Waals surface area contributed by atoms with Gasteiger partial charge in [0.05, 0.1) is 16.2 Å². The number of benzene rings is 1. The van der Waals surface area contributed by atoms with Crippen molar-refractivity contribution in [3.05, 3.63) is 45.6 Å². The number of nitro groups is 1. The molecule has 2 N–H and O–H groups in total. The predicted molar refractivity (Wildman–Crippen MR) is 93.9 cm³/mol. The predicted octanol–water partition coefficient (Wildman–Crippen LogP) is 4.13. The first kappa shape index (κ1) is 16.2. The van der Waals surface area contributed by atoms with Gasteiger partial charge in [-0.25, -0.2) is 4.98 Å². The van der Waals surface area contributed by atoms with Crippen LogP contribution in [0.5, 0.6) is 0 Å². The van der Waals surface area contributed by atoms with E-state index in [2.05, 4.69) is 20.6 Å².